The molecule has 0 aromatic carbocycles. The van der Waals surface area contributed by atoms with Crippen LogP contribution in [-0.4, -0.2) is 11.4 Å². The van der Waals surface area contributed by atoms with Crippen molar-refractivity contribution in [2.45, 2.75) is 45.6 Å². The van der Waals surface area contributed by atoms with E-state index in [1.807, 2.05) is 26.8 Å². The third-order valence-corrected chi connectivity index (χ3v) is 3.83. The van der Waals surface area contributed by atoms with Crippen molar-refractivity contribution in [3.63, 3.8) is 0 Å². The molecule has 3 nitrogen and oxygen atoms in total. The molecule has 0 saturated heterocycles. The summed E-state index contributed by atoms with van der Waals surface area (Å²) in [5, 5.41) is 5.36. The summed E-state index contributed by atoms with van der Waals surface area (Å²) >= 11 is 0. The second-order valence-corrected chi connectivity index (χ2v) is 6.40. The van der Waals surface area contributed by atoms with E-state index in [0.717, 1.165) is 40.9 Å². The van der Waals surface area contributed by atoms with E-state index in [-0.39, 0.29) is 5.91 Å². The van der Waals surface area contributed by atoms with Crippen LogP contribution in [0.5, 0.6) is 0 Å². The van der Waals surface area contributed by atoms with Crippen molar-refractivity contribution in [1.82, 2.24) is 5.32 Å². The molecular weight excluding hydrogens is 262 g/mol. The van der Waals surface area contributed by atoms with Gasteiger partial charge >= 0.3 is 0 Å². The van der Waals surface area contributed by atoms with Crippen LogP contribution in [-0.2, 0) is 4.79 Å². The van der Waals surface area contributed by atoms with Gasteiger partial charge in [-0.25, -0.2) is 0 Å². The summed E-state index contributed by atoms with van der Waals surface area (Å²) in [7, 11) is 0. The predicted molar refractivity (Wildman–Crippen MR) is 84.9 cm³/mol. The van der Waals surface area contributed by atoms with Gasteiger partial charge < -0.3 is 9.73 Å². The van der Waals surface area contributed by atoms with E-state index in [2.05, 4.69) is 23.5 Å². The van der Waals surface area contributed by atoms with Crippen LogP contribution in [0.25, 0.3) is 24.3 Å². The van der Waals surface area contributed by atoms with Crippen LogP contribution >= 0.6 is 0 Å². The van der Waals surface area contributed by atoms with Crippen molar-refractivity contribution < 1.29 is 9.21 Å². The first-order chi connectivity index (χ1) is 9.94. The fourth-order valence-electron chi connectivity index (χ4n) is 2.88. The lowest BCUT2D eigenvalue weighted by Gasteiger charge is -2.21. The van der Waals surface area contributed by atoms with Crippen LogP contribution in [0.15, 0.2) is 16.1 Å². The van der Waals surface area contributed by atoms with Gasteiger partial charge in [-0.1, -0.05) is 17.7 Å². The van der Waals surface area contributed by atoms with Crippen molar-refractivity contribution >= 4 is 30.2 Å². The zero-order chi connectivity index (χ0) is 15.0. The first-order valence-electron chi connectivity index (χ1n) is 7.46. The molecule has 1 aromatic rings. The van der Waals surface area contributed by atoms with Gasteiger partial charge in [0.15, 0.2) is 0 Å². The van der Waals surface area contributed by atoms with Gasteiger partial charge in [0.25, 0.3) is 0 Å². The Kier molecular flexibility index (Phi) is 3.36. The molecule has 21 heavy (non-hydrogen) atoms. The Balaban J connectivity index is 2.34. The molecule has 2 heterocycles. The molecule has 3 heteroatoms. The van der Waals surface area contributed by atoms with Gasteiger partial charge in [-0.3, -0.25) is 4.79 Å². The number of hydrogen-bond acceptors (Lipinski definition) is 2. The molecule has 110 valence electrons. The maximum Gasteiger partial charge on any atom is 0.244 e. The standard InChI is InChI=1S/C18H21NO2/c1-12-8-9-14-13-6-4-5-7-15(13)21-16(14)11-18(2,3)19-17(20)10-12/h6-7,9-11H,4-5,8H2,1-3H3,(H,19,20). The molecule has 2 aliphatic rings. The average Bonchev–Trinajstić information content (AvgIpc) is 2.71. The summed E-state index contributed by atoms with van der Waals surface area (Å²) in [6.45, 7) is 5.94. The monoisotopic (exact) mass is 283 g/mol. The third-order valence-electron chi connectivity index (χ3n) is 3.83. The van der Waals surface area contributed by atoms with Gasteiger partial charge in [-0.15, -0.1) is 0 Å². The Bertz CT molecular complexity index is 850. The molecule has 0 saturated carbocycles. The fourth-order valence-corrected chi connectivity index (χ4v) is 2.88. The number of nitrogens with one attached hydrogen (secondary N) is 1. The minimum absolute atomic E-state index is 0.0555. The van der Waals surface area contributed by atoms with Crippen molar-refractivity contribution in [1.29, 1.82) is 0 Å². The van der Waals surface area contributed by atoms with Crippen LogP contribution in [0.1, 0.15) is 40.0 Å². The average molecular weight is 283 g/mol. The van der Waals surface area contributed by atoms with E-state index in [9.17, 15) is 4.79 Å². The molecule has 1 aliphatic carbocycles. The number of carbonyl (C=O) groups is 1. The van der Waals surface area contributed by atoms with E-state index in [1.54, 1.807) is 6.08 Å². The Morgan fingerprint density at radius 3 is 2.62 bits per heavy atom. The van der Waals surface area contributed by atoms with Crippen molar-refractivity contribution in [3.8, 4) is 0 Å². The first-order valence-corrected chi connectivity index (χ1v) is 7.46. The maximum absolute atomic E-state index is 12.0. The molecule has 0 unspecified atom stereocenters. The molecule has 1 N–H and O–H groups in total. The highest BCUT2D eigenvalue weighted by atomic mass is 16.3. The van der Waals surface area contributed by atoms with Gasteiger partial charge in [0.2, 0.25) is 5.91 Å². The fraction of sp³-hybridized carbons (Fsp3) is 0.389. The molecule has 0 radical (unpaired) electrons. The van der Waals surface area contributed by atoms with Crippen LogP contribution in [0, 0.1) is 0 Å². The second-order valence-electron chi connectivity index (χ2n) is 6.40. The molecule has 3 rings (SSSR count). The first kappa shape index (κ1) is 13.9. The van der Waals surface area contributed by atoms with E-state index in [4.69, 9.17) is 4.42 Å². The number of rotatable bonds is 0. The van der Waals surface area contributed by atoms with Crippen molar-refractivity contribution in [2.75, 3.05) is 0 Å². The third kappa shape index (κ3) is 2.87. The van der Waals surface area contributed by atoms with E-state index in [1.165, 1.54) is 5.22 Å². The maximum atomic E-state index is 12.0. The van der Waals surface area contributed by atoms with E-state index < -0.39 is 5.54 Å². The lowest BCUT2D eigenvalue weighted by molar-refractivity contribution is -0.117. The summed E-state index contributed by atoms with van der Waals surface area (Å²) in [5.41, 5.74) is 2.41. The summed E-state index contributed by atoms with van der Waals surface area (Å²) in [4.78, 5) is 12.0. The van der Waals surface area contributed by atoms with E-state index in [0.29, 0.717) is 0 Å². The van der Waals surface area contributed by atoms with Gasteiger partial charge in [-0.2, -0.15) is 0 Å². The predicted octanol–water partition coefficient (Wildman–Crippen LogP) is 0.440. The van der Waals surface area contributed by atoms with Crippen LogP contribution in [0.2, 0.25) is 0 Å². The van der Waals surface area contributed by atoms with Gasteiger partial charge in [-0.05, 0) is 52.2 Å². The van der Waals surface area contributed by atoms with Crippen LogP contribution in [0.3, 0.4) is 0 Å². The van der Waals surface area contributed by atoms with E-state index >= 15 is 0 Å². The number of carbonyl (C=O) groups excluding carboxylic acids is 1. The molecule has 0 bridgehead atoms. The minimum Gasteiger partial charge on any atom is -0.457 e. The topological polar surface area (TPSA) is 42.2 Å². The van der Waals surface area contributed by atoms with Crippen molar-refractivity contribution in [3.05, 3.63) is 32.9 Å². The molecular formula is C18H21NO2. The highest BCUT2D eigenvalue weighted by molar-refractivity contribution is 5.89. The zero-order valence-electron chi connectivity index (χ0n) is 12.8. The smallest absolute Gasteiger partial charge is 0.244 e. The molecule has 0 spiro atoms. The number of furan rings is 1. The highest BCUT2D eigenvalue weighted by Crippen LogP contribution is 2.06. The lowest BCUT2D eigenvalue weighted by atomic mass is 10.0. The number of amides is 1. The number of allylic oxidation sites excluding steroid dienone is 1. The van der Waals surface area contributed by atoms with Crippen molar-refractivity contribution in [2.24, 2.45) is 0 Å². The Morgan fingerprint density at radius 1 is 1.10 bits per heavy atom. The lowest BCUT2D eigenvalue weighted by Crippen LogP contribution is -2.45. The summed E-state index contributed by atoms with van der Waals surface area (Å²) < 4.78 is 6.02. The van der Waals surface area contributed by atoms with Crippen LogP contribution < -0.4 is 26.6 Å². The molecule has 1 amide bonds. The minimum atomic E-state index is -0.450. The Hall–Kier alpha value is -2.03. The summed E-state index contributed by atoms with van der Waals surface area (Å²) in [5.74, 6) is -0.0555. The largest absolute Gasteiger partial charge is 0.457 e. The van der Waals surface area contributed by atoms with Crippen LogP contribution in [0.4, 0.5) is 0 Å². The normalized spacial score (nSPS) is 20.3. The summed E-state index contributed by atoms with van der Waals surface area (Å²) in [6.07, 6.45) is 13.1. The second kappa shape index (κ2) is 5.06. The van der Waals surface area contributed by atoms with Gasteiger partial charge in [0.05, 0.1) is 5.54 Å². The molecule has 0 fully saturated rings. The zero-order valence-corrected chi connectivity index (χ0v) is 12.8. The Labute approximate surface area is 124 Å². The molecule has 0 atom stereocenters. The Morgan fingerprint density at radius 2 is 1.81 bits per heavy atom. The quantitative estimate of drug-likeness (QED) is 0.751. The SMILES string of the molecule is CC1=CC(=O)NC(C)(C)C=c2oc3c(c2=CC1)=CCCC=3. The van der Waals surface area contributed by atoms with Gasteiger partial charge in [0.1, 0.15) is 10.8 Å². The number of hydrogen-bond donors (Lipinski definition) is 1. The highest BCUT2D eigenvalue weighted by Gasteiger charge is 2.18. The number of fused-ring (bicyclic) bond motifs is 3. The molecule has 1 aliphatic heterocycles. The molecule has 1 aromatic heterocycles. The summed E-state index contributed by atoms with van der Waals surface area (Å²) in [6, 6.07) is 0. The van der Waals surface area contributed by atoms with Gasteiger partial charge in [0, 0.05) is 16.5 Å².